The molecule has 0 fully saturated rings. The lowest BCUT2D eigenvalue weighted by Crippen LogP contribution is -2.37. The number of nitrogens with zero attached hydrogens (tertiary/aromatic N) is 2. The van der Waals surface area contributed by atoms with E-state index in [4.69, 9.17) is 0 Å². The Morgan fingerprint density at radius 3 is 2.36 bits per heavy atom. The lowest BCUT2D eigenvalue weighted by Gasteiger charge is -2.13. The van der Waals surface area contributed by atoms with E-state index in [9.17, 15) is 4.79 Å². The standard InChI is InChI=1S/C22H31N5O/c1-23-21(28)20-7-5-6-17(14-20)12-13-25-22(24-2)26-15-18-8-10-19(11-9-18)16-27(3)4/h5-11,14H,12-13,15-16H2,1-4H3,(H,23,28)(H2,24,25,26). The second kappa shape index (κ2) is 11.1. The molecule has 2 rings (SSSR count). The van der Waals surface area contributed by atoms with Crippen molar-refractivity contribution in [2.24, 2.45) is 4.99 Å². The molecule has 0 saturated carbocycles. The van der Waals surface area contributed by atoms with Gasteiger partial charge in [-0.2, -0.15) is 0 Å². The molecule has 0 unspecified atom stereocenters. The summed E-state index contributed by atoms with van der Waals surface area (Å²) in [6.45, 7) is 2.39. The van der Waals surface area contributed by atoms with Gasteiger partial charge in [0.05, 0.1) is 0 Å². The average molecular weight is 382 g/mol. The number of carbonyl (C=O) groups is 1. The van der Waals surface area contributed by atoms with Crippen LogP contribution in [0.15, 0.2) is 53.5 Å². The molecule has 0 heterocycles. The van der Waals surface area contributed by atoms with Crippen molar-refractivity contribution in [3.05, 3.63) is 70.8 Å². The smallest absolute Gasteiger partial charge is 0.251 e. The predicted molar refractivity (Wildman–Crippen MR) is 116 cm³/mol. The van der Waals surface area contributed by atoms with Crippen LogP contribution in [0.2, 0.25) is 0 Å². The van der Waals surface area contributed by atoms with Crippen LogP contribution in [-0.2, 0) is 19.5 Å². The Kier molecular flexibility index (Phi) is 8.49. The molecule has 150 valence electrons. The largest absolute Gasteiger partial charge is 0.356 e. The fourth-order valence-corrected chi connectivity index (χ4v) is 2.87. The van der Waals surface area contributed by atoms with E-state index in [1.807, 2.05) is 24.3 Å². The van der Waals surface area contributed by atoms with Crippen LogP contribution in [0.3, 0.4) is 0 Å². The first kappa shape index (κ1) is 21.4. The topological polar surface area (TPSA) is 68.8 Å². The Hall–Kier alpha value is -2.86. The van der Waals surface area contributed by atoms with Gasteiger partial charge in [0.2, 0.25) is 0 Å². The van der Waals surface area contributed by atoms with Crippen molar-refractivity contribution in [2.45, 2.75) is 19.5 Å². The Balaban J connectivity index is 1.79. The van der Waals surface area contributed by atoms with E-state index in [0.717, 1.165) is 31.0 Å². The molecule has 3 N–H and O–H groups in total. The monoisotopic (exact) mass is 381 g/mol. The molecular weight excluding hydrogens is 350 g/mol. The minimum atomic E-state index is -0.0658. The van der Waals surface area contributed by atoms with Crippen molar-refractivity contribution in [3.8, 4) is 0 Å². The Morgan fingerprint density at radius 1 is 1.00 bits per heavy atom. The third-order valence-electron chi connectivity index (χ3n) is 4.33. The van der Waals surface area contributed by atoms with Gasteiger partial charge in [0.1, 0.15) is 0 Å². The summed E-state index contributed by atoms with van der Waals surface area (Å²) in [6.07, 6.45) is 0.810. The molecule has 0 atom stereocenters. The minimum Gasteiger partial charge on any atom is -0.356 e. The third-order valence-corrected chi connectivity index (χ3v) is 4.33. The van der Waals surface area contributed by atoms with Gasteiger partial charge in [0.25, 0.3) is 5.91 Å². The highest BCUT2D eigenvalue weighted by Crippen LogP contribution is 2.07. The lowest BCUT2D eigenvalue weighted by molar-refractivity contribution is 0.0963. The van der Waals surface area contributed by atoms with Gasteiger partial charge in [-0.15, -0.1) is 0 Å². The molecule has 28 heavy (non-hydrogen) atoms. The summed E-state index contributed by atoms with van der Waals surface area (Å²) in [4.78, 5) is 18.2. The van der Waals surface area contributed by atoms with Crippen LogP contribution in [0.1, 0.15) is 27.0 Å². The molecule has 0 spiro atoms. The first-order chi connectivity index (χ1) is 13.5. The summed E-state index contributed by atoms with van der Waals surface area (Å²) in [7, 11) is 7.55. The van der Waals surface area contributed by atoms with Crippen molar-refractivity contribution < 1.29 is 4.79 Å². The maximum atomic E-state index is 11.7. The number of nitrogens with one attached hydrogen (secondary N) is 3. The molecule has 6 heteroatoms. The van der Waals surface area contributed by atoms with Crippen molar-refractivity contribution in [2.75, 3.05) is 34.7 Å². The zero-order valence-electron chi connectivity index (χ0n) is 17.2. The first-order valence-electron chi connectivity index (χ1n) is 9.50. The maximum Gasteiger partial charge on any atom is 0.251 e. The van der Waals surface area contributed by atoms with E-state index in [2.05, 4.69) is 64.2 Å². The molecule has 0 aromatic heterocycles. The average Bonchev–Trinajstić information content (AvgIpc) is 2.70. The molecule has 0 radical (unpaired) electrons. The fourth-order valence-electron chi connectivity index (χ4n) is 2.87. The van der Waals surface area contributed by atoms with E-state index in [0.29, 0.717) is 12.1 Å². The van der Waals surface area contributed by atoms with E-state index >= 15 is 0 Å². The normalized spacial score (nSPS) is 11.4. The van der Waals surface area contributed by atoms with Gasteiger partial charge in [0.15, 0.2) is 5.96 Å². The molecule has 0 aliphatic rings. The van der Waals surface area contributed by atoms with Crippen LogP contribution in [-0.4, -0.2) is 51.5 Å². The predicted octanol–water partition coefficient (Wildman–Crippen LogP) is 2.02. The molecule has 0 aliphatic carbocycles. The number of aliphatic imine (C=N–C) groups is 1. The summed E-state index contributed by atoms with van der Waals surface area (Å²) in [5.74, 6) is 0.698. The van der Waals surface area contributed by atoms with Gasteiger partial charge in [-0.05, 0) is 49.3 Å². The summed E-state index contributed by atoms with van der Waals surface area (Å²) in [5.41, 5.74) is 4.31. The minimum absolute atomic E-state index is 0.0658. The summed E-state index contributed by atoms with van der Waals surface area (Å²) >= 11 is 0. The van der Waals surface area contributed by atoms with Gasteiger partial charge in [-0.3, -0.25) is 9.79 Å². The Morgan fingerprint density at radius 2 is 1.71 bits per heavy atom. The Labute approximate surface area is 168 Å². The molecular formula is C22H31N5O. The SMILES string of the molecule is CN=C(NCCc1cccc(C(=O)NC)c1)NCc1ccc(CN(C)C)cc1. The zero-order valence-corrected chi connectivity index (χ0v) is 17.2. The van der Waals surface area contributed by atoms with E-state index < -0.39 is 0 Å². The number of amides is 1. The number of hydrogen-bond donors (Lipinski definition) is 3. The van der Waals surface area contributed by atoms with E-state index in [1.54, 1.807) is 14.1 Å². The van der Waals surface area contributed by atoms with Crippen LogP contribution in [0.25, 0.3) is 0 Å². The number of rotatable bonds is 8. The van der Waals surface area contributed by atoms with Crippen LogP contribution < -0.4 is 16.0 Å². The molecule has 1 amide bonds. The molecule has 0 saturated heterocycles. The van der Waals surface area contributed by atoms with Crippen LogP contribution in [0.4, 0.5) is 0 Å². The lowest BCUT2D eigenvalue weighted by atomic mass is 10.1. The summed E-state index contributed by atoms with van der Waals surface area (Å²) < 4.78 is 0. The van der Waals surface area contributed by atoms with Crippen molar-refractivity contribution in [1.29, 1.82) is 0 Å². The Bertz CT molecular complexity index is 784. The van der Waals surface area contributed by atoms with Gasteiger partial charge >= 0.3 is 0 Å². The molecule has 0 aliphatic heterocycles. The van der Waals surface area contributed by atoms with Gasteiger partial charge < -0.3 is 20.9 Å². The molecule has 6 nitrogen and oxygen atoms in total. The highest BCUT2D eigenvalue weighted by Gasteiger charge is 2.04. The van der Waals surface area contributed by atoms with Crippen molar-refractivity contribution in [1.82, 2.24) is 20.9 Å². The number of hydrogen-bond acceptors (Lipinski definition) is 3. The molecule has 0 bridgehead atoms. The van der Waals surface area contributed by atoms with Crippen LogP contribution in [0, 0.1) is 0 Å². The zero-order chi connectivity index (χ0) is 20.4. The van der Waals surface area contributed by atoms with Crippen molar-refractivity contribution in [3.63, 3.8) is 0 Å². The van der Waals surface area contributed by atoms with Gasteiger partial charge in [-0.1, -0.05) is 36.4 Å². The first-order valence-corrected chi connectivity index (χ1v) is 9.50. The second-order valence-electron chi connectivity index (χ2n) is 6.94. The van der Waals surface area contributed by atoms with Crippen molar-refractivity contribution >= 4 is 11.9 Å². The van der Waals surface area contributed by atoms with E-state index in [1.165, 1.54) is 11.1 Å². The van der Waals surface area contributed by atoms with Gasteiger partial charge in [-0.25, -0.2) is 0 Å². The summed E-state index contributed by atoms with van der Waals surface area (Å²) in [5, 5.41) is 9.31. The molecule has 2 aromatic carbocycles. The quantitative estimate of drug-likeness (QED) is 0.483. The van der Waals surface area contributed by atoms with Crippen LogP contribution >= 0.6 is 0 Å². The number of benzene rings is 2. The molecule has 2 aromatic rings. The highest BCUT2D eigenvalue weighted by atomic mass is 16.1. The fraction of sp³-hybridized carbons (Fsp3) is 0.364. The van der Waals surface area contributed by atoms with Crippen LogP contribution in [0.5, 0.6) is 0 Å². The van der Waals surface area contributed by atoms with E-state index in [-0.39, 0.29) is 5.91 Å². The highest BCUT2D eigenvalue weighted by molar-refractivity contribution is 5.94. The second-order valence-corrected chi connectivity index (χ2v) is 6.94. The van der Waals surface area contributed by atoms with Gasteiger partial charge in [0, 0.05) is 39.3 Å². The number of guanidine groups is 1. The maximum absolute atomic E-state index is 11.7. The third kappa shape index (κ3) is 7.04. The number of carbonyl (C=O) groups excluding carboxylic acids is 1. The summed E-state index contributed by atoms with van der Waals surface area (Å²) in [6, 6.07) is 16.3.